The average molecular weight is 435 g/mol. The fraction of sp³-hybridized carbons (Fsp3) is 0.353. The molecule has 0 bridgehead atoms. The van der Waals surface area contributed by atoms with Gasteiger partial charge in [0.05, 0.1) is 12.1 Å². The molecular weight excluding hydrogens is 417 g/mol. The monoisotopic (exact) mass is 434 g/mol. The standard InChI is InChI=1S/C17H16F2N4OS.2ClH/c18-14-4-15(19)13(3-12(14)10-5-21-9-22-6-10)17-1-2-24-7-11(17)8-25-16(20)23-17;;/h3-6,9,11H,1-2,7-8H2,(H2,20,23);2*1H/t11?,17-;;/m0../s1. The molecule has 27 heavy (non-hydrogen) atoms. The summed E-state index contributed by atoms with van der Waals surface area (Å²) in [4.78, 5) is 12.4. The minimum absolute atomic E-state index is 0. The predicted octanol–water partition coefficient (Wildman–Crippen LogP) is 3.56. The van der Waals surface area contributed by atoms with Crippen LogP contribution in [0.3, 0.4) is 0 Å². The molecule has 0 spiro atoms. The number of hydrogen-bond acceptors (Lipinski definition) is 6. The van der Waals surface area contributed by atoms with E-state index in [1.165, 1.54) is 36.5 Å². The van der Waals surface area contributed by atoms with E-state index in [-0.39, 0.29) is 36.3 Å². The molecule has 0 radical (unpaired) electrons. The van der Waals surface area contributed by atoms with Gasteiger partial charge >= 0.3 is 0 Å². The number of benzene rings is 1. The van der Waals surface area contributed by atoms with Crippen molar-refractivity contribution in [2.75, 3.05) is 19.0 Å². The van der Waals surface area contributed by atoms with Crippen LogP contribution >= 0.6 is 36.6 Å². The Kier molecular flexibility index (Phi) is 7.02. The molecule has 146 valence electrons. The first-order valence-corrected chi connectivity index (χ1v) is 8.89. The second-order valence-corrected chi connectivity index (χ2v) is 7.19. The van der Waals surface area contributed by atoms with Gasteiger partial charge in [-0.2, -0.15) is 0 Å². The first-order chi connectivity index (χ1) is 12.1. The van der Waals surface area contributed by atoms with E-state index in [1.807, 2.05) is 0 Å². The van der Waals surface area contributed by atoms with Crippen LogP contribution in [0, 0.1) is 17.6 Å². The number of rotatable bonds is 2. The quantitative estimate of drug-likeness (QED) is 0.781. The molecule has 4 rings (SSSR count). The highest BCUT2D eigenvalue weighted by molar-refractivity contribution is 8.13. The van der Waals surface area contributed by atoms with Gasteiger partial charge in [0.25, 0.3) is 0 Å². The van der Waals surface area contributed by atoms with Crippen molar-refractivity contribution in [3.8, 4) is 11.1 Å². The number of hydrogen-bond donors (Lipinski definition) is 1. The Balaban J connectivity index is 0.00000131. The van der Waals surface area contributed by atoms with E-state index in [9.17, 15) is 8.78 Å². The van der Waals surface area contributed by atoms with Gasteiger partial charge in [0, 0.05) is 59.8 Å². The highest BCUT2D eigenvalue weighted by Crippen LogP contribution is 2.47. The van der Waals surface area contributed by atoms with Crippen LogP contribution in [0.2, 0.25) is 0 Å². The summed E-state index contributed by atoms with van der Waals surface area (Å²) in [5, 5.41) is 0.423. The zero-order valence-corrected chi connectivity index (χ0v) is 16.5. The van der Waals surface area contributed by atoms with Gasteiger partial charge in [0.1, 0.15) is 18.0 Å². The molecule has 2 aromatic rings. The van der Waals surface area contributed by atoms with E-state index in [1.54, 1.807) is 0 Å². The van der Waals surface area contributed by atoms with Crippen LogP contribution in [0.15, 0.2) is 35.8 Å². The van der Waals surface area contributed by atoms with E-state index < -0.39 is 17.2 Å². The summed E-state index contributed by atoms with van der Waals surface area (Å²) in [6, 6.07) is 2.43. The maximum Gasteiger partial charge on any atom is 0.154 e. The number of aromatic nitrogens is 2. The van der Waals surface area contributed by atoms with Gasteiger partial charge in [-0.1, -0.05) is 11.8 Å². The van der Waals surface area contributed by atoms with Crippen molar-refractivity contribution in [1.29, 1.82) is 0 Å². The Labute approximate surface area is 172 Å². The molecule has 2 N–H and O–H groups in total. The van der Waals surface area contributed by atoms with Crippen LogP contribution in [-0.2, 0) is 10.3 Å². The zero-order chi connectivity index (χ0) is 17.4. The third kappa shape index (κ3) is 3.89. The minimum Gasteiger partial charge on any atom is -0.381 e. The van der Waals surface area contributed by atoms with Gasteiger partial charge in [0.15, 0.2) is 5.17 Å². The maximum atomic E-state index is 14.8. The van der Waals surface area contributed by atoms with E-state index >= 15 is 0 Å². The van der Waals surface area contributed by atoms with E-state index in [0.717, 1.165) is 6.07 Å². The molecule has 3 heterocycles. The Morgan fingerprint density at radius 1 is 1.15 bits per heavy atom. The van der Waals surface area contributed by atoms with E-state index in [4.69, 9.17) is 10.5 Å². The lowest BCUT2D eigenvalue weighted by molar-refractivity contribution is 0.00883. The summed E-state index contributed by atoms with van der Waals surface area (Å²) < 4.78 is 34.8. The van der Waals surface area contributed by atoms with E-state index in [2.05, 4.69) is 15.0 Å². The van der Waals surface area contributed by atoms with Gasteiger partial charge in [-0.25, -0.2) is 18.7 Å². The molecule has 0 amide bonds. The largest absolute Gasteiger partial charge is 0.381 e. The number of ether oxygens (including phenoxy) is 1. The summed E-state index contributed by atoms with van der Waals surface area (Å²) in [5.74, 6) is -0.597. The van der Waals surface area contributed by atoms with Crippen molar-refractivity contribution in [2.24, 2.45) is 16.6 Å². The summed E-state index contributed by atoms with van der Waals surface area (Å²) in [6.07, 6.45) is 4.87. The number of nitrogens with two attached hydrogens (primary N) is 1. The number of thioether (sulfide) groups is 1. The summed E-state index contributed by atoms with van der Waals surface area (Å²) in [7, 11) is 0. The van der Waals surface area contributed by atoms with Gasteiger partial charge in [0.2, 0.25) is 0 Å². The van der Waals surface area contributed by atoms with Crippen LogP contribution < -0.4 is 5.73 Å². The van der Waals surface area contributed by atoms with Gasteiger partial charge in [-0.15, -0.1) is 24.8 Å². The summed E-state index contributed by atoms with van der Waals surface area (Å²) >= 11 is 1.44. The molecule has 1 aromatic heterocycles. The van der Waals surface area contributed by atoms with Crippen LogP contribution in [0.1, 0.15) is 12.0 Å². The van der Waals surface area contributed by atoms with Crippen molar-refractivity contribution in [3.63, 3.8) is 0 Å². The Bertz CT molecular complexity index is 843. The third-order valence-corrected chi connectivity index (χ3v) is 5.71. The summed E-state index contributed by atoms with van der Waals surface area (Å²) in [6.45, 7) is 0.933. The van der Waals surface area contributed by atoms with Crippen molar-refractivity contribution in [2.45, 2.75) is 12.0 Å². The molecule has 2 atom stereocenters. The Morgan fingerprint density at radius 2 is 1.89 bits per heavy atom. The highest BCUT2D eigenvalue weighted by Gasteiger charge is 2.47. The number of amidine groups is 1. The number of nitrogens with zero attached hydrogens (tertiary/aromatic N) is 3. The fourth-order valence-electron chi connectivity index (χ4n) is 3.50. The molecule has 1 saturated heterocycles. The van der Waals surface area contributed by atoms with Crippen LogP contribution in [0.4, 0.5) is 8.78 Å². The molecule has 2 aliphatic rings. The fourth-order valence-corrected chi connectivity index (χ4v) is 4.47. The first kappa shape index (κ1) is 21.8. The molecular formula is C17H18Cl2F2N4OS. The first-order valence-electron chi connectivity index (χ1n) is 7.91. The van der Waals surface area contributed by atoms with Crippen LogP contribution in [0.5, 0.6) is 0 Å². The lowest BCUT2D eigenvalue weighted by atomic mass is 9.75. The molecule has 10 heteroatoms. The highest BCUT2D eigenvalue weighted by atomic mass is 35.5. The Morgan fingerprint density at radius 3 is 2.63 bits per heavy atom. The maximum absolute atomic E-state index is 14.8. The van der Waals surface area contributed by atoms with Crippen molar-refractivity contribution < 1.29 is 13.5 Å². The molecule has 2 aliphatic heterocycles. The normalized spacial score (nSPS) is 24.1. The molecule has 0 aliphatic carbocycles. The Hall–Kier alpha value is -1.48. The molecule has 1 fully saturated rings. The second-order valence-electron chi connectivity index (χ2n) is 6.15. The molecule has 1 aromatic carbocycles. The topological polar surface area (TPSA) is 73.4 Å². The molecule has 0 saturated carbocycles. The van der Waals surface area contributed by atoms with Gasteiger partial charge < -0.3 is 10.5 Å². The SMILES string of the molecule is Cl.Cl.NC1=N[C@@]2(c3cc(-c4cncnc4)c(F)cc3F)CCOCC2CS1. The number of halogens is 4. The summed E-state index contributed by atoms with van der Waals surface area (Å²) in [5.41, 5.74) is 6.22. The lowest BCUT2D eigenvalue weighted by Gasteiger charge is -2.44. The van der Waals surface area contributed by atoms with Crippen molar-refractivity contribution in [1.82, 2.24) is 9.97 Å². The van der Waals surface area contributed by atoms with E-state index in [0.29, 0.717) is 41.7 Å². The predicted molar refractivity (Wildman–Crippen MR) is 107 cm³/mol. The number of aliphatic imine (C=N–C) groups is 1. The smallest absolute Gasteiger partial charge is 0.154 e. The van der Waals surface area contributed by atoms with Crippen molar-refractivity contribution >= 4 is 41.7 Å². The third-order valence-electron chi connectivity index (χ3n) is 4.76. The van der Waals surface area contributed by atoms with Gasteiger partial charge in [-0.3, -0.25) is 4.99 Å². The lowest BCUT2D eigenvalue weighted by Crippen LogP contribution is -2.47. The molecule has 5 nitrogen and oxygen atoms in total. The number of fused-ring (bicyclic) bond motifs is 1. The van der Waals surface area contributed by atoms with Crippen molar-refractivity contribution in [3.05, 3.63) is 48.1 Å². The average Bonchev–Trinajstić information content (AvgIpc) is 2.62. The van der Waals surface area contributed by atoms with Crippen LogP contribution in [0.25, 0.3) is 11.1 Å². The van der Waals surface area contributed by atoms with Crippen LogP contribution in [-0.4, -0.2) is 34.1 Å². The van der Waals surface area contributed by atoms with Gasteiger partial charge in [-0.05, 0) is 6.07 Å². The zero-order valence-electron chi connectivity index (χ0n) is 14.1. The minimum atomic E-state index is -0.824. The second kappa shape index (κ2) is 8.68. The molecule has 1 unspecified atom stereocenters.